The molecular weight excluding hydrogens is 349 g/mol. The van der Waals surface area contributed by atoms with Crippen LogP contribution in [0.25, 0.3) is 0 Å². The van der Waals surface area contributed by atoms with Crippen molar-refractivity contribution < 1.29 is 14.3 Å². The molecule has 0 bridgehead atoms. The molecule has 1 amide bonds. The Kier molecular flexibility index (Phi) is 4.61. The molecular formula is C18H17Cl2NO3. The Balaban J connectivity index is 1.80. The predicted molar refractivity (Wildman–Crippen MR) is 95.6 cm³/mol. The highest BCUT2D eigenvalue weighted by molar-refractivity contribution is 6.36. The summed E-state index contributed by atoms with van der Waals surface area (Å²) in [6.07, 6.45) is 0. The third kappa shape index (κ3) is 3.77. The summed E-state index contributed by atoms with van der Waals surface area (Å²) >= 11 is 11.9. The highest BCUT2D eigenvalue weighted by atomic mass is 35.5. The maximum absolute atomic E-state index is 12.5. The van der Waals surface area contributed by atoms with Crippen LogP contribution in [0.5, 0.6) is 11.5 Å². The summed E-state index contributed by atoms with van der Waals surface area (Å²) in [6, 6.07) is 10.0. The van der Waals surface area contributed by atoms with Crippen LogP contribution in [-0.2, 0) is 0 Å². The first-order valence-corrected chi connectivity index (χ1v) is 8.26. The predicted octanol–water partition coefficient (Wildman–Crippen LogP) is 5.04. The van der Waals surface area contributed by atoms with Crippen molar-refractivity contribution in [3.8, 4) is 11.5 Å². The lowest BCUT2D eigenvalue weighted by Crippen LogP contribution is -2.26. The van der Waals surface area contributed by atoms with Crippen molar-refractivity contribution in [3.63, 3.8) is 0 Å². The minimum Gasteiger partial charge on any atom is -0.489 e. The Morgan fingerprint density at radius 2 is 1.75 bits per heavy atom. The summed E-state index contributed by atoms with van der Waals surface area (Å²) in [7, 11) is 0. The quantitative estimate of drug-likeness (QED) is 0.810. The fourth-order valence-corrected chi connectivity index (χ4v) is 2.71. The Bertz CT molecular complexity index is 790. The Morgan fingerprint density at radius 1 is 1.04 bits per heavy atom. The standard InChI is InChI=1S/C18H17Cl2NO3/c1-18(2)9-23-15-6-3-11(7-16(15)24-10-18)17(22)21-14-5-4-12(19)8-13(14)20/h3-8H,9-10H2,1-2H3,(H,21,22). The number of ether oxygens (including phenoxy) is 2. The average molecular weight is 366 g/mol. The van der Waals surface area contributed by atoms with Crippen molar-refractivity contribution >= 4 is 34.8 Å². The molecule has 1 aliphatic heterocycles. The van der Waals surface area contributed by atoms with Crippen LogP contribution < -0.4 is 14.8 Å². The minimum absolute atomic E-state index is 0.0850. The molecule has 4 nitrogen and oxygen atoms in total. The van der Waals surface area contributed by atoms with E-state index in [1.165, 1.54) is 0 Å². The van der Waals surface area contributed by atoms with Gasteiger partial charge in [0.1, 0.15) is 0 Å². The van der Waals surface area contributed by atoms with Crippen LogP contribution in [0.3, 0.4) is 0 Å². The second-order valence-corrected chi connectivity index (χ2v) is 7.33. The van der Waals surface area contributed by atoms with E-state index < -0.39 is 0 Å². The molecule has 0 atom stereocenters. The molecule has 6 heteroatoms. The van der Waals surface area contributed by atoms with Crippen molar-refractivity contribution in [2.45, 2.75) is 13.8 Å². The monoisotopic (exact) mass is 365 g/mol. The SMILES string of the molecule is CC1(C)COc2ccc(C(=O)Nc3ccc(Cl)cc3Cl)cc2OC1. The lowest BCUT2D eigenvalue weighted by atomic mass is 9.97. The second-order valence-electron chi connectivity index (χ2n) is 6.48. The van der Waals surface area contributed by atoms with Gasteiger partial charge in [0, 0.05) is 16.0 Å². The van der Waals surface area contributed by atoms with Gasteiger partial charge in [0.25, 0.3) is 5.91 Å². The van der Waals surface area contributed by atoms with E-state index in [9.17, 15) is 4.79 Å². The first-order chi connectivity index (χ1) is 11.3. The van der Waals surface area contributed by atoms with Gasteiger partial charge >= 0.3 is 0 Å². The van der Waals surface area contributed by atoms with Gasteiger partial charge in [-0.3, -0.25) is 4.79 Å². The highest BCUT2D eigenvalue weighted by Crippen LogP contribution is 2.34. The van der Waals surface area contributed by atoms with Gasteiger partial charge in [0.05, 0.1) is 23.9 Å². The van der Waals surface area contributed by atoms with E-state index in [1.807, 2.05) is 0 Å². The Labute approximate surface area is 150 Å². The first kappa shape index (κ1) is 16.9. The third-order valence-electron chi connectivity index (χ3n) is 3.62. The zero-order valence-corrected chi connectivity index (χ0v) is 14.9. The normalized spacial score (nSPS) is 15.5. The van der Waals surface area contributed by atoms with Gasteiger partial charge in [-0.15, -0.1) is 0 Å². The van der Waals surface area contributed by atoms with Crippen molar-refractivity contribution in [1.82, 2.24) is 0 Å². The average Bonchev–Trinajstić information content (AvgIpc) is 2.68. The molecule has 1 aliphatic rings. The van der Waals surface area contributed by atoms with Crippen LogP contribution in [0.15, 0.2) is 36.4 Å². The molecule has 0 unspecified atom stereocenters. The van der Waals surface area contributed by atoms with E-state index >= 15 is 0 Å². The molecule has 126 valence electrons. The number of benzene rings is 2. The minimum atomic E-state index is -0.283. The number of hydrogen-bond donors (Lipinski definition) is 1. The van der Waals surface area contributed by atoms with Gasteiger partial charge < -0.3 is 14.8 Å². The number of nitrogens with one attached hydrogen (secondary N) is 1. The summed E-state index contributed by atoms with van der Waals surface area (Å²) in [5.41, 5.74) is 0.875. The first-order valence-electron chi connectivity index (χ1n) is 7.50. The largest absolute Gasteiger partial charge is 0.489 e. The molecule has 0 spiro atoms. The van der Waals surface area contributed by atoms with Gasteiger partial charge in [-0.05, 0) is 36.4 Å². The molecule has 1 N–H and O–H groups in total. The molecule has 0 aliphatic carbocycles. The molecule has 2 aromatic rings. The molecule has 0 saturated heterocycles. The molecule has 2 aromatic carbocycles. The third-order valence-corrected chi connectivity index (χ3v) is 4.17. The number of rotatable bonds is 2. The zero-order chi connectivity index (χ0) is 17.3. The summed E-state index contributed by atoms with van der Waals surface area (Å²) in [4.78, 5) is 12.5. The maximum Gasteiger partial charge on any atom is 0.255 e. The van der Waals surface area contributed by atoms with Gasteiger partial charge in [0.2, 0.25) is 0 Å². The van der Waals surface area contributed by atoms with Crippen LogP contribution in [0, 0.1) is 5.41 Å². The summed E-state index contributed by atoms with van der Waals surface area (Å²) in [5.74, 6) is 0.922. The van der Waals surface area contributed by atoms with Crippen molar-refractivity contribution in [3.05, 3.63) is 52.0 Å². The number of amides is 1. The van der Waals surface area contributed by atoms with Gasteiger partial charge in [-0.2, -0.15) is 0 Å². The number of carbonyl (C=O) groups is 1. The second kappa shape index (κ2) is 6.54. The number of anilines is 1. The number of hydrogen-bond acceptors (Lipinski definition) is 3. The van der Waals surface area contributed by atoms with Gasteiger partial charge in [-0.25, -0.2) is 0 Å². The van der Waals surface area contributed by atoms with E-state index in [1.54, 1.807) is 36.4 Å². The van der Waals surface area contributed by atoms with E-state index in [0.29, 0.717) is 46.0 Å². The molecule has 0 fully saturated rings. The number of halogens is 2. The highest BCUT2D eigenvalue weighted by Gasteiger charge is 2.25. The topological polar surface area (TPSA) is 47.6 Å². The summed E-state index contributed by atoms with van der Waals surface area (Å²) < 4.78 is 11.6. The molecule has 0 aromatic heterocycles. The zero-order valence-electron chi connectivity index (χ0n) is 13.4. The van der Waals surface area contributed by atoms with Gasteiger partial charge in [0.15, 0.2) is 11.5 Å². The van der Waals surface area contributed by atoms with E-state index in [0.717, 1.165) is 0 Å². The summed E-state index contributed by atoms with van der Waals surface area (Å²) in [6.45, 7) is 5.21. The van der Waals surface area contributed by atoms with Crippen LogP contribution in [0.2, 0.25) is 10.0 Å². The molecule has 0 radical (unpaired) electrons. The van der Waals surface area contributed by atoms with E-state index in [-0.39, 0.29) is 11.3 Å². The van der Waals surface area contributed by atoms with Gasteiger partial charge in [-0.1, -0.05) is 37.0 Å². The van der Waals surface area contributed by atoms with Crippen LogP contribution in [0.4, 0.5) is 5.69 Å². The lowest BCUT2D eigenvalue weighted by molar-refractivity contribution is 0.102. The lowest BCUT2D eigenvalue weighted by Gasteiger charge is -2.19. The molecule has 0 saturated carbocycles. The Hall–Kier alpha value is -1.91. The van der Waals surface area contributed by atoms with Crippen LogP contribution in [-0.4, -0.2) is 19.1 Å². The van der Waals surface area contributed by atoms with E-state index in [2.05, 4.69) is 19.2 Å². The van der Waals surface area contributed by atoms with Crippen LogP contribution >= 0.6 is 23.2 Å². The molecule has 3 rings (SSSR count). The molecule has 24 heavy (non-hydrogen) atoms. The van der Waals surface area contributed by atoms with Crippen molar-refractivity contribution in [1.29, 1.82) is 0 Å². The number of carbonyl (C=O) groups excluding carboxylic acids is 1. The smallest absolute Gasteiger partial charge is 0.255 e. The summed E-state index contributed by atoms with van der Waals surface area (Å²) in [5, 5.41) is 3.66. The fourth-order valence-electron chi connectivity index (χ4n) is 2.25. The van der Waals surface area contributed by atoms with Crippen molar-refractivity contribution in [2.75, 3.05) is 18.5 Å². The number of fused-ring (bicyclic) bond motifs is 1. The van der Waals surface area contributed by atoms with E-state index in [4.69, 9.17) is 32.7 Å². The maximum atomic E-state index is 12.5. The Morgan fingerprint density at radius 3 is 2.46 bits per heavy atom. The molecule has 1 heterocycles. The fraction of sp³-hybridized carbons (Fsp3) is 0.278. The van der Waals surface area contributed by atoms with Crippen LogP contribution in [0.1, 0.15) is 24.2 Å². The van der Waals surface area contributed by atoms with Crippen molar-refractivity contribution in [2.24, 2.45) is 5.41 Å².